The number of nitrogens with one attached hydrogen (secondary N) is 1. The molecule has 0 radical (unpaired) electrons. The van der Waals surface area contributed by atoms with E-state index in [0.29, 0.717) is 30.4 Å². The molecule has 1 aliphatic heterocycles. The van der Waals surface area contributed by atoms with E-state index in [4.69, 9.17) is 13.3 Å². The molecule has 1 aliphatic rings. The highest BCUT2D eigenvalue weighted by Crippen LogP contribution is 2.21. The molecular weight excluding hydrogens is 390 g/mol. The first-order valence-electron chi connectivity index (χ1n) is 9.96. The number of furan rings is 3. The molecule has 0 aromatic carbocycles. The molecule has 3 aromatic heterocycles. The maximum atomic E-state index is 9.24. The summed E-state index contributed by atoms with van der Waals surface area (Å²) in [6.07, 6.45) is 0.731. The summed E-state index contributed by atoms with van der Waals surface area (Å²) in [4.78, 5) is 0. The minimum absolute atomic E-state index is 0.109. The number of hydrogen-bond acceptors (Lipinski definition) is 9. The largest absolute Gasteiger partial charge is 0.464 e. The van der Waals surface area contributed by atoms with Crippen LogP contribution in [0.3, 0.4) is 0 Å². The third-order valence-corrected chi connectivity index (χ3v) is 5.04. The van der Waals surface area contributed by atoms with E-state index in [1.54, 1.807) is 18.2 Å². The minimum atomic E-state index is -0.125. The zero-order valence-corrected chi connectivity index (χ0v) is 16.7. The zero-order chi connectivity index (χ0) is 20.9. The van der Waals surface area contributed by atoms with Gasteiger partial charge < -0.3 is 28.6 Å². The van der Waals surface area contributed by atoms with E-state index < -0.39 is 0 Å². The van der Waals surface area contributed by atoms with Crippen molar-refractivity contribution >= 4 is 0 Å². The molecule has 0 spiro atoms. The van der Waals surface area contributed by atoms with E-state index in [9.17, 15) is 15.3 Å². The van der Waals surface area contributed by atoms with Gasteiger partial charge in [0, 0.05) is 19.5 Å². The summed E-state index contributed by atoms with van der Waals surface area (Å²) in [5, 5.41) is 31.8. The lowest BCUT2D eigenvalue weighted by Gasteiger charge is -2.40. The fourth-order valence-electron chi connectivity index (χ4n) is 3.75. The summed E-state index contributed by atoms with van der Waals surface area (Å²) >= 11 is 0. The molecule has 9 nitrogen and oxygen atoms in total. The van der Waals surface area contributed by atoms with Crippen molar-refractivity contribution in [2.75, 3.05) is 13.1 Å². The average Bonchev–Trinajstić information content (AvgIpc) is 3.49. The van der Waals surface area contributed by atoms with Crippen LogP contribution in [-0.2, 0) is 39.3 Å². The highest BCUT2D eigenvalue weighted by molar-refractivity contribution is 5.09. The topological polar surface area (TPSA) is 119 Å². The fraction of sp³-hybridized carbons (Fsp3) is 0.429. The molecule has 0 saturated carbocycles. The standard InChI is InChI=1S/C21H27N3O6/c25-12-19-4-1-16(28-19)7-15-8-23(10-17-2-5-20(13-26)29-17)22-24(9-15)11-18-3-6-21(14-27)30-18/h1-6,15,22,25-27H,7-14H2. The van der Waals surface area contributed by atoms with Gasteiger partial charge >= 0.3 is 0 Å². The molecule has 162 valence electrons. The SMILES string of the molecule is OCc1ccc(CC2CN(Cc3ccc(CO)o3)NN(Cc3ccc(CO)o3)C2)o1. The average molecular weight is 417 g/mol. The van der Waals surface area contributed by atoms with Crippen molar-refractivity contribution in [2.45, 2.75) is 39.3 Å². The normalized spacial score (nSPS) is 16.5. The fourth-order valence-corrected chi connectivity index (χ4v) is 3.75. The summed E-state index contributed by atoms with van der Waals surface area (Å²) in [5.41, 5.74) is 3.39. The third-order valence-electron chi connectivity index (χ3n) is 5.04. The monoisotopic (exact) mass is 417 g/mol. The van der Waals surface area contributed by atoms with Crippen molar-refractivity contribution in [1.29, 1.82) is 0 Å². The Morgan fingerprint density at radius 2 is 1.07 bits per heavy atom. The Kier molecular flexibility index (Phi) is 6.68. The van der Waals surface area contributed by atoms with Crippen LogP contribution in [0.1, 0.15) is 34.6 Å². The minimum Gasteiger partial charge on any atom is -0.464 e. The number of hydrogen-bond donors (Lipinski definition) is 4. The maximum Gasteiger partial charge on any atom is 0.129 e. The van der Waals surface area contributed by atoms with Crippen molar-refractivity contribution in [3.8, 4) is 0 Å². The van der Waals surface area contributed by atoms with E-state index in [1.165, 1.54) is 0 Å². The molecule has 4 rings (SSSR count). The summed E-state index contributed by atoms with van der Waals surface area (Å²) in [5.74, 6) is 4.26. The Morgan fingerprint density at radius 1 is 0.667 bits per heavy atom. The Hall–Kier alpha value is -2.40. The summed E-state index contributed by atoms with van der Waals surface area (Å²) < 4.78 is 16.9. The first-order valence-corrected chi connectivity index (χ1v) is 9.96. The van der Waals surface area contributed by atoms with Crippen molar-refractivity contribution in [3.05, 3.63) is 71.0 Å². The molecule has 4 N–H and O–H groups in total. The Morgan fingerprint density at radius 3 is 1.50 bits per heavy atom. The van der Waals surface area contributed by atoms with Gasteiger partial charge in [-0.05, 0) is 42.3 Å². The van der Waals surface area contributed by atoms with Gasteiger partial charge in [0.15, 0.2) is 0 Å². The van der Waals surface area contributed by atoms with Gasteiger partial charge in [-0.15, -0.1) is 0 Å². The highest BCUT2D eigenvalue weighted by Gasteiger charge is 2.27. The lowest BCUT2D eigenvalue weighted by molar-refractivity contribution is -0.0608. The van der Waals surface area contributed by atoms with E-state index >= 15 is 0 Å². The molecule has 0 bridgehead atoms. The van der Waals surface area contributed by atoms with Gasteiger partial charge in [0.2, 0.25) is 0 Å². The van der Waals surface area contributed by atoms with Crippen LogP contribution in [-0.4, -0.2) is 38.4 Å². The lowest BCUT2D eigenvalue weighted by Crippen LogP contribution is -2.58. The van der Waals surface area contributed by atoms with Gasteiger partial charge in [0.05, 0.1) is 13.1 Å². The first kappa shape index (κ1) is 20.9. The first-order chi connectivity index (χ1) is 14.6. The van der Waals surface area contributed by atoms with Crippen LogP contribution in [0.2, 0.25) is 0 Å². The molecule has 0 amide bonds. The smallest absolute Gasteiger partial charge is 0.129 e. The van der Waals surface area contributed by atoms with Crippen molar-refractivity contribution in [2.24, 2.45) is 5.92 Å². The number of nitrogens with zero attached hydrogens (tertiary/aromatic N) is 2. The van der Waals surface area contributed by atoms with Gasteiger partial charge in [-0.25, -0.2) is 10.0 Å². The molecule has 9 heteroatoms. The van der Waals surface area contributed by atoms with Crippen LogP contribution in [0.4, 0.5) is 0 Å². The van der Waals surface area contributed by atoms with Crippen LogP contribution in [0.5, 0.6) is 0 Å². The van der Waals surface area contributed by atoms with Crippen LogP contribution in [0.15, 0.2) is 49.6 Å². The van der Waals surface area contributed by atoms with Gasteiger partial charge in [-0.2, -0.15) is 5.53 Å². The van der Waals surface area contributed by atoms with Crippen molar-refractivity contribution in [1.82, 2.24) is 15.6 Å². The summed E-state index contributed by atoms with van der Waals surface area (Å²) in [6.45, 7) is 2.24. The number of aliphatic hydroxyl groups excluding tert-OH is 3. The van der Waals surface area contributed by atoms with E-state index in [0.717, 1.165) is 36.8 Å². The highest BCUT2D eigenvalue weighted by atomic mass is 16.4. The van der Waals surface area contributed by atoms with E-state index in [2.05, 4.69) is 15.6 Å². The maximum absolute atomic E-state index is 9.24. The predicted octanol–water partition coefficient (Wildman–Crippen LogP) is 1.54. The number of rotatable bonds is 9. The second kappa shape index (κ2) is 9.61. The lowest BCUT2D eigenvalue weighted by atomic mass is 10.0. The molecule has 1 saturated heterocycles. The van der Waals surface area contributed by atoms with Crippen molar-refractivity contribution in [3.63, 3.8) is 0 Å². The van der Waals surface area contributed by atoms with E-state index in [1.807, 2.05) is 18.2 Å². The molecule has 3 aromatic rings. The van der Waals surface area contributed by atoms with Gasteiger partial charge in [-0.1, -0.05) is 0 Å². The van der Waals surface area contributed by atoms with E-state index in [-0.39, 0.29) is 25.7 Å². The third kappa shape index (κ3) is 5.20. The molecular formula is C21H27N3O6. The van der Waals surface area contributed by atoms with Crippen LogP contribution in [0, 0.1) is 5.92 Å². The second-order valence-corrected chi connectivity index (χ2v) is 7.51. The molecule has 0 aliphatic carbocycles. The van der Waals surface area contributed by atoms with Gasteiger partial charge in [0.25, 0.3) is 0 Å². The Labute approximate surface area is 174 Å². The molecule has 4 heterocycles. The van der Waals surface area contributed by atoms with Crippen LogP contribution < -0.4 is 5.53 Å². The van der Waals surface area contributed by atoms with Crippen LogP contribution >= 0.6 is 0 Å². The predicted molar refractivity (Wildman–Crippen MR) is 105 cm³/mol. The Bertz CT molecular complexity index is 807. The van der Waals surface area contributed by atoms with Gasteiger partial charge in [0.1, 0.15) is 54.4 Å². The molecule has 0 atom stereocenters. The summed E-state index contributed by atoms with van der Waals surface area (Å²) in [6, 6.07) is 11.0. The Balaban J connectivity index is 1.45. The number of hydrazine groups is 2. The molecule has 30 heavy (non-hydrogen) atoms. The molecule has 1 fully saturated rings. The van der Waals surface area contributed by atoms with Crippen LogP contribution in [0.25, 0.3) is 0 Å². The second-order valence-electron chi connectivity index (χ2n) is 7.51. The quantitative estimate of drug-likeness (QED) is 0.411. The summed E-state index contributed by atoms with van der Waals surface area (Å²) in [7, 11) is 0. The zero-order valence-electron chi connectivity index (χ0n) is 16.7. The van der Waals surface area contributed by atoms with Gasteiger partial charge in [-0.3, -0.25) is 0 Å². The molecule has 0 unspecified atom stereocenters. The number of aliphatic hydroxyl groups is 3. The van der Waals surface area contributed by atoms with Crippen molar-refractivity contribution < 1.29 is 28.6 Å².